The Morgan fingerprint density at radius 3 is 2.79 bits per heavy atom. The first kappa shape index (κ1) is 10.5. The van der Waals surface area contributed by atoms with Crippen molar-refractivity contribution in [2.45, 2.75) is 0 Å². The number of carboxylic acids is 1. The van der Waals surface area contributed by atoms with Crippen molar-refractivity contribution in [3.8, 4) is 0 Å². The van der Waals surface area contributed by atoms with Crippen molar-refractivity contribution in [1.82, 2.24) is 0 Å². The highest BCUT2D eigenvalue weighted by atomic mass is 32.1. The summed E-state index contributed by atoms with van der Waals surface area (Å²) in [6, 6.07) is 3.26. The van der Waals surface area contributed by atoms with Crippen LogP contribution in [0.2, 0.25) is 0 Å². The molecule has 0 fully saturated rings. The summed E-state index contributed by atoms with van der Waals surface area (Å²) in [7, 11) is 1.30. The molecule has 0 aliphatic heterocycles. The number of esters is 1. The van der Waals surface area contributed by atoms with Gasteiger partial charge in [0.15, 0.2) is 0 Å². The minimum atomic E-state index is -1.02. The number of aliphatic carboxylic acids is 1. The van der Waals surface area contributed by atoms with Gasteiger partial charge in [0.05, 0.1) is 7.11 Å². The van der Waals surface area contributed by atoms with Crippen LogP contribution in [0.15, 0.2) is 18.2 Å². The van der Waals surface area contributed by atoms with Crippen LogP contribution in [-0.2, 0) is 9.53 Å². The van der Waals surface area contributed by atoms with Gasteiger partial charge in [0.2, 0.25) is 0 Å². The first-order valence-electron chi connectivity index (χ1n) is 3.72. The zero-order valence-corrected chi connectivity index (χ0v) is 8.21. The first-order chi connectivity index (χ1) is 6.63. The second-order valence-electron chi connectivity index (χ2n) is 2.37. The van der Waals surface area contributed by atoms with Gasteiger partial charge in [-0.2, -0.15) is 0 Å². The number of hydrogen-bond acceptors (Lipinski definition) is 4. The fourth-order valence-electron chi connectivity index (χ4n) is 0.806. The Bertz CT molecular complexity index is 378. The number of rotatable bonds is 3. The Morgan fingerprint density at radius 1 is 1.50 bits per heavy atom. The highest BCUT2D eigenvalue weighted by Gasteiger charge is 2.07. The van der Waals surface area contributed by atoms with E-state index in [1.807, 2.05) is 0 Å². The minimum Gasteiger partial charge on any atom is -0.478 e. The van der Waals surface area contributed by atoms with Gasteiger partial charge < -0.3 is 9.84 Å². The van der Waals surface area contributed by atoms with Crippen LogP contribution in [0.1, 0.15) is 14.5 Å². The van der Waals surface area contributed by atoms with E-state index in [9.17, 15) is 9.59 Å². The topological polar surface area (TPSA) is 63.6 Å². The zero-order chi connectivity index (χ0) is 10.6. The summed E-state index contributed by atoms with van der Waals surface area (Å²) < 4.78 is 4.51. The van der Waals surface area contributed by atoms with Gasteiger partial charge in [-0.1, -0.05) is 0 Å². The predicted molar refractivity (Wildman–Crippen MR) is 52.3 cm³/mol. The molecule has 74 valence electrons. The lowest BCUT2D eigenvalue weighted by Crippen LogP contribution is -1.96. The highest BCUT2D eigenvalue weighted by Crippen LogP contribution is 2.18. The number of carbonyl (C=O) groups excluding carboxylic acids is 1. The monoisotopic (exact) mass is 212 g/mol. The molecule has 0 aromatic carbocycles. The molecule has 0 unspecified atom stereocenters. The Kier molecular flexibility index (Phi) is 3.41. The van der Waals surface area contributed by atoms with Gasteiger partial charge in [0, 0.05) is 11.0 Å². The van der Waals surface area contributed by atoms with E-state index < -0.39 is 11.9 Å². The lowest BCUT2D eigenvalue weighted by Gasteiger charge is -1.91. The molecule has 0 aliphatic carbocycles. The summed E-state index contributed by atoms with van der Waals surface area (Å²) >= 11 is 1.18. The van der Waals surface area contributed by atoms with Crippen LogP contribution in [0.4, 0.5) is 0 Å². The average Bonchev–Trinajstić information content (AvgIpc) is 2.62. The average molecular weight is 212 g/mol. The van der Waals surface area contributed by atoms with Crippen LogP contribution in [0.5, 0.6) is 0 Å². The van der Waals surface area contributed by atoms with Crippen LogP contribution in [-0.4, -0.2) is 24.2 Å². The summed E-state index contributed by atoms with van der Waals surface area (Å²) in [5.41, 5.74) is 0. The van der Waals surface area contributed by atoms with E-state index in [4.69, 9.17) is 5.11 Å². The van der Waals surface area contributed by atoms with Crippen LogP contribution >= 0.6 is 11.3 Å². The van der Waals surface area contributed by atoms with Gasteiger partial charge in [-0.3, -0.25) is 0 Å². The number of hydrogen-bond donors (Lipinski definition) is 1. The number of thiophene rings is 1. The van der Waals surface area contributed by atoms with Gasteiger partial charge in [-0.25, -0.2) is 9.59 Å². The molecule has 0 amide bonds. The number of methoxy groups -OCH3 is 1. The second-order valence-corrected chi connectivity index (χ2v) is 3.48. The standard InChI is InChI=1S/C9H8O4S/c1-13-9(12)7-4-2-6(14-7)3-5-8(10)11/h2-5H,1H3,(H,10,11)/b5-3+. The van der Waals surface area contributed by atoms with Gasteiger partial charge in [-0.05, 0) is 18.2 Å². The largest absolute Gasteiger partial charge is 0.478 e. The zero-order valence-electron chi connectivity index (χ0n) is 7.39. The Balaban J connectivity index is 2.78. The molecule has 4 nitrogen and oxygen atoms in total. The molecule has 1 rings (SSSR count). The molecular weight excluding hydrogens is 204 g/mol. The maximum absolute atomic E-state index is 11.0. The Labute approximate surface area is 84.4 Å². The third-order valence-corrected chi connectivity index (χ3v) is 2.43. The van der Waals surface area contributed by atoms with E-state index in [0.29, 0.717) is 9.75 Å². The predicted octanol–water partition coefficient (Wildman–Crippen LogP) is 1.63. The second kappa shape index (κ2) is 4.57. The summed E-state index contributed by atoms with van der Waals surface area (Å²) in [5.74, 6) is -1.43. The molecule has 0 radical (unpaired) electrons. The van der Waals surface area contributed by atoms with Gasteiger partial charge >= 0.3 is 11.9 Å². The first-order valence-corrected chi connectivity index (χ1v) is 4.54. The van der Waals surface area contributed by atoms with Crippen LogP contribution in [0.25, 0.3) is 6.08 Å². The molecule has 0 saturated heterocycles. The lowest BCUT2D eigenvalue weighted by atomic mass is 10.4. The smallest absolute Gasteiger partial charge is 0.348 e. The number of ether oxygens (including phenoxy) is 1. The minimum absolute atomic E-state index is 0.412. The molecule has 1 heterocycles. The molecule has 0 bridgehead atoms. The summed E-state index contributed by atoms with van der Waals surface area (Å²) in [4.78, 5) is 22.4. The third-order valence-electron chi connectivity index (χ3n) is 1.40. The molecular formula is C9H8O4S. The van der Waals surface area contributed by atoms with E-state index >= 15 is 0 Å². The van der Waals surface area contributed by atoms with E-state index in [1.165, 1.54) is 24.5 Å². The van der Waals surface area contributed by atoms with Crippen molar-refractivity contribution in [2.24, 2.45) is 0 Å². The molecule has 5 heteroatoms. The summed E-state index contributed by atoms with van der Waals surface area (Å²) in [5, 5.41) is 8.36. The maximum Gasteiger partial charge on any atom is 0.348 e. The van der Waals surface area contributed by atoms with Gasteiger partial charge in [0.25, 0.3) is 0 Å². The van der Waals surface area contributed by atoms with Crippen molar-refractivity contribution in [3.63, 3.8) is 0 Å². The fraction of sp³-hybridized carbons (Fsp3) is 0.111. The van der Waals surface area contributed by atoms with E-state index in [0.717, 1.165) is 6.08 Å². The Hall–Kier alpha value is -1.62. The van der Waals surface area contributed by atoms with Crippen molar-refractivity contribution in [3.05, 3.63) is 28.0 Å². The molecule has 14 heavy (non-hydrogen) atoms. The molecule has 1 aromatic heterocycles. The van der Waals surface area contributed by atoms with Crippen molar-refractivity contribution < 1.29 is 19.4 Å². The molecule has 1 N–H and O–H groups in total. The quantitative estimate of drug-likeness (QED) is 0.611. The molecule has 0 saturated carbocycles. The van der Waals surface area contributed by atoms with Crippen LogP contribution in [0.3, 0.4) is 0 Å². The fourth-order valence-corrected chi connectivity index (χ4v) is 1.63. The summed E-state index contributed by atoms with van der Waals surface area (Å²) in [6.07, 6.45) is 2.45. The van der Waals surface area contributed by atoms with Crippen molar-refractivity contribution in [2.75, 3.05) is 7.11 Å². The van der Waals surface area contributed by atoms with Crippen LogP contribution < -0.4 is 0 Å². The van der Waals surface area contributed by atoms with Crippen LogP contribution in [0, 0.1) is 0 Å². The van der Waals surface area contributed by atoms with E-state index in [1.54, 1.807) is 12.1 Å². The maximum atomic E-state index is 11.0. The SMILES string of the molecule is COC(=O)c1ccc(/C=C/C(=O)O)s1. The lowest BCUT2D eigenvalue weighted by molar-refractivity contribution is -0.131. The molecule has 0 atom stereocenters. The van der Waals surface area contributed by atoms with Crippen molar-refractivity contribution in [1.29, 1.82) is 0 Å². The van der Waals surface area contributed by atoms with E-state index in [2.05, 4.69) is 4.74 Å². The normalized spacial score (nSPS) is 10.4. The number of carbonyl (C=O) groups is 2. The van der Waals surface area contributed by atoms with Crippen molar-refractivity contribution >= 4 is 29.4 Å². The molecule has 0 aliphatic rings. The third kappa shape index (κ3) is 2.70. The Morgan fingerprint density at radius 2 is 2.21 bits per heavy atom. The summed E-state index contributed by atoms with van der Waals surface area (Å²) in [6.45, 7) is 0. The van der Waals surface area contributed by atoms with Gasteiger partial charge in [0.1, 0.15) is 4.88 Å². The highest BCUT2D eigenvalue weighted by molar-refractivity contribution is 7.14. The molecule has 0 spiro atoms. The van der Waals surface area contributed by atoms with E-state index in [-0.39, 0.29) is 0 Å². The molecule has 1 aromatic rings. The number of carboxylic acid groups (broad SMARTS) is 1. The van der Waals surface area contributed by atoms with Gasteiger partial charge in [-0.15, -0.1) is 11.3 Å².